The van der Waals surface area contributed by atoms with Crippen LogP contribution < -0.4 is 10.1 Å². The van der Waals surface area contributed by atoms with Gasteiger partial charge in [0, 0.05) is 33.8 Å². The van der Waals surface area contributed by atoms with Crippen LogP contribution in [0.5, 0.6) is 5.75 Å². The van der Waals surface area contributed by atoms with Gasteiger partial charge in [0.25, 0.3) is 0 Å². The summed E-state index contributed by atoms with van der Waals surface area (Å²) < 4.78 is 6.10. The van der Waals surface area contributed by atoms with Crippen molar-refractivity contribution in [1.29, 1.82) is 0 Å². The molecule has 1 aromatic heterocycles. The maximum absolute atomic E-state index is 6.10. The maximum Gasteiger partial charge on any atom is 0.124 e. The minimum atomic E-state index is -0.128. The van der Waals surface area contributed by atoms with Crippen molar-refractivity contribution in [2.45, 2.75) is 51.8 Å². The van der Waals surface area contributed by atoms with Crippen LogP contribution in [0.3, 0.4) is 0 Å². The summed E-state index contributed by atoms with van der Waals surface area (Å²) in [6.07, 6.45) is 0.985. The Balaban J connectivity index is 1.84. The Hall–Kier alpha value is -1.32. The first-order valence-corrected chi connectivity index (χ1v) is 8.36. The summed E-state index contributed by atoms with van der Waals surface area (Å²) in [4.78, 5) is 2.76. The van der Waals surface area contributed by atoms with Gasteiger partial charge in [-0.2, -0.15) is 0 Å². The van der Waals surface area contributed by atoms with Crippen LogP contribution in [0.2, 0.25) is 0 Å². The van der Waals surface area contributed by atoms with E-state index >= 15 is 0 Å². The molecule has 1 N–H and O–H groups in total. The molecule has 21 heavy (non-hydrogen) atoms. The molecule has 2 atom stereocenters. The minimum Gasteiger partial charge on any atom is -0.487 e. The molecule has 0 spiro atoms. The van der Waals surface area contributed by atoms with E-state index in [1.807, 2.05) is 17.4 Å². The van der Waals surface area contributed by atoms with E-state index < -0.39 is 0 Å². The van der Waals surface area contributed by atoms with Crippen LogP contribution in [0, 0.1) is 6.92 Å². The summed E-state index contributed by atoms with van der Waals surface area (Å²) in [5, 5.41) is 3.79. The molecule has 0 bridgehead atoms. The molecule has 0 radical (unpaired) electrons. The summed E-state index contributed by atoms with van der Waals surface area (Å²) in [5.74, 6) is 1.01. The lowest BCUT2D eigenvalue weighted by Gasteiger charge is -2.39. The van der Waals surface area contributed by atoms with E-state index in [2.05, 4.69) is 63.3 Å². The predicted octanol–water partition coefficient (Wildman–Crippen LogP) is 5.01. The molecule has 2 unspecified atom stereocenters. The second-order valence-electron chi connectivity index (χ2n) is 6.49. The van der Waals surface area contributed by atoms with E-state index in [4.69, 9.17) is 4.74 Å². The molecule has 3 heteroatoms. The zero-order chi connectivity index (χ0) is 15.0. The zero-order valence-electron chi connectivity index (χ0n) is 13.1. The standard InChI is InChI=1S/C18H23NOS/c1-12-9-10-17(21-12)13(2)19-15-11-18(3,4)20-16-8-6-5-7-14(15)16/h5-10,13,15,19H,11H2,1-4H3. The maximum atomic E-state index is 6.10. The van der Waals surface area contributed by atoms with Crippen molar-refractivity contribution in [1.82, 2.24) is 5.32 Å². The molecule has 0 saturated heterocycles. The van der Waals surface area contributed by atoms with Gasteiger partial charge in [-0.05, 0) is 45.9 Å². The average Bonchev–Trinajstić information content (AvgIpc) is 2.84. The van der Waals surface area contributed by atoms with Gasteiger partial charge in [-0.15, -0.1) is 11.3 Å². The molecule has 0 aliphatic carbocycles. The second-order valence-corrected chi connectivity index (χ2v) is 7.81. The molecule has 0 amide bonds. The summed E-state index contributed by atoms with van der Waals surface area (Å²) in [6.45, 7) is 8.74. The molecular weight excluding hydrogens is 278 g/mol. The molecule has 1 aliphatic rings. The number of hydrogen-bond acceptors (Lipinski definition) is 3. The smallest absolute Gasteiger partial charge is 0.124 e. The Labute approximate surface area is 131 Å². The zero-order valence-corrected chi connectivity index (χ0v) is 14.0. The monoisotopic (exact) mass is 301 g/mol. The van der Waals surface area contributed by atoms with Crippen LogP contribution in [0.15, 0.2) is 36.4 Å². The van der Waals surface area contributed by atoms with E-state index in [9.17, 15) is 0 Å². The lowest BCUT2D eigenvalue weighted by atomic mass is 9.89. The molecule has 1 aromatic carbocycles. The highest BCUT2D eigenvalue weighted by atomic mass is 32.1. The van der Waals surface area contributed by atoms with Gasteiger partial charge >= 0.3 is 0 Å². The van der Waals surface area contributed by atoms with E-state index in [-0.39, 0.29) is 5.60 Å². The van der Waals surface area contributed by atoms with Gasteiger partial charge in [0.15, 0.2) is 0 Å². The SMILES string of the molecule is Cc1ccc(C(C)NC2CC(C)(C)Oc3ccccc32)s1. The predicted molar refractivity (Wildman–Crippen MR) is 89.1 cm³/mol. The van der Waals surface area contributed by atoms with E-state index in [0.717, 1.165) is 12.2 Å². The molecule has 1 aliphatic heterocycles. The number of para-hydroxylation sites is 1. The Morgan fingerprint density at radius 1 is 1.24 bits per heavy atom. The highest BCUT2D eigenvalue weighted by Gasteiger charge is 2.34. The molecule has 3 rings (SSSR count). The van der Waals surface area contributed by atoms with Gasteiger partial charge in [0.2, 0.25) is 0 Å². The number of rotatable bonds is 3. The highest BCUT2D eigenvalue weighted by molar-refractivity contribution is 7.12. The van der Waals surface area contributed by atoms with Gasteiger partial charge < -0.3 is 10.1 Å². The van der Waals surface area contributed by atoms with Crippen LogP contribution in [0.4, 0.5) is 0 Å². The summed E-state index contributed by atoms with van der Waals surface area (Å²) in [5.41, 5.74) is 1.15. The molecular formula is C18H23NOS. The van der Waals surface area contributed by atoms with Crippen molar-refractivity contribution in [3.8, 4) is 5.75 Å². The van der Waals surface area contributed by atoms with E-state index in [1.54, 1.807) is 0 Å². The summed E-state index contributed by atoms with van der Waals surface area (Å²) >= 11 is 1.87. The first kappa shape index (κ1) is 14.6. The van der Waals surface area contributed by atoms with Gasteiger partial charge in [-0.3, -0.25) is 0 Å². The lowest BCUT2D eigenvalue weighted by Crippen LogP contribution is -2.40. The number of benzene rings is 1. The van der Waals surface area contributed by atoms with Crippen molar-refractivity contribution >= 4 is 11.3 Å². The van der Waals surface area contributed by atoms with E-state index in [0.29, 0.717) is 12.1 Å². The summed E-state index contributed by atoms with van der Waals surface area (Å²) in [7, 11) is 0. The lowest BCUT2D eigenvalue weighted by molar-refractivity contribution is 0.0641. The fourth-order valence-electron chi connectivity index (χ4n) is 3.02. The number of thiophene rings is 1. The number of nitrogens with one attached hydrogen (secondary N) is 1. The fraction of sp³-hybridized carbons (Fsp3) is 0.444. The normalized spacial score (nSPS) is 21.4. The van der Waals surface area contributed by atoms with Gasteiger partial charge in [-0.25, -0.2) is 0 Å². The minimum absolute atomic E-state index is 0.128. The van der Waals surface area contributed by atoms with Gasteiger partial charge in [0.1, 0.15) is 11.4 Å². The van der Waals surface area contributed by atoms with Crippen molar-refractivity contribution in [2.24, 2.45) is 0 Å². The highest BCUT2D eigenvalue weighted by Crippen LogP contribution is 2.40. The molecule has 2 nitrogen and oxygen atoms in total. The molecule has 0 saturated carbocycles. The Bertz CT molecular complexity index is 632. The van der Waals surface area contributed by atoms with Crippen LogP contribution in [-0.2, 0) is 0 Å². The van der Waals surface area contributed by atoms with Crippen molar-refractivity contribution in [3.63, 3.8) is 0 Å². The Morgan fingerprint density at radius 3 is 2.71 bits per heavy atom. The van der Waals surface area contributed by atoms with Crippen LogP contribution in [0.25, 0.3) is 0 Å². The van der Waals surface area contributed by atoms with Crippen LogP contribution in [-0.4, -0.2) is 5.60 Å². The van der Waals surface area contributed by atoms with Gasteiger partial charge in [0.05, 0.1) is 0 Å². The number of ether oxygens (including phenoxy) is 1. The van der Waals surface area contributed by atoms with Crippen LogP contribution in [0.1, 0.15) is 54.6 Å². The first-order chi connectivity index (χ1) is 9.94. The Morgan fingerprint density at radius 2 is 2.00 bits per heavy atom. The third-order valence-corrected chi connectivity index (χ3v) is 5.20. The number of fused-ring (bicyclic) bond motifs is 1. The fourth-order valence-corrected chi connectivity index (χ4v) is 3.91. The third kappa shape index (κ3) is 3.14. The third-order valence-electron chi connectivity index (χ3n) is 4.02. The van der Waals surface area contributed by atoms with Crippen molar-refractivity contribution < 1.29 is 4.74 Å². The number of aryl methyl sites for hydroxylation is 1. The van der Waals surface area contributed by atoms with Crippen LogP contribution >= 0.6 is 11.3 Å². The largest absolute Gasteiger partial charge is 0.487 e. The van der Waals surface area contributed by atoms with E-state index in [1.165, 1.54) is 15.3 Å². The first-order valence-electron chi connectivity index (χ1n) is 7.55. The average molecular weight is 301 g/mol. The second kappa shape index (κ2) is 5.47. The van der Waals surface area contributed by atoms with Gasteiger partial charge in [-0.1, -0.05) is 18.2 Å². The molecule has 0 fully saturated rings. The van der Waals surface area contributed by atoms with Crippen molar-refractivity contribution in [3.05, 3.63) is 51.7 Å². The summed E-state index contributed by atoms with van der Waals surface area (Å²) in [6, 6.07) is 13.5. The number of hydrogen-bond donors (Lipinski definition) is 1. The molecule has 2 aromatic rings. The molecule has 112 valence electrons. The molecule has 2 heterocycles. The topological polar surface area (TPSA) is 21.3 Å². The quantitative estimate of drug-likeness (QED) is 0.860. The van der Waals surface area contributed by atoms with Crippen molar-refractivity contribution in [2.75, 3.05) is 0 Å². The Kier molecular flexibility index (Phi) is 3.80.